The lowest BCUT2D eigenvalue weighted by atomic mass is 10.1. The number of aromatic hydroxyl groups is 1. The Morgan fingerprint density at radius 2 is 1.88 bits per heavy atom. The summed E-state index contributed by atoms with van der Waals surface area (Å²) >= 11 is 12.0. The summed E-state index contributed by atoms with van der Waals surface area (Å²) in [6.45, 7) is 0.0856. The van der Waals surface area contributed by atoms with Gasteiger partial charge in [0.1, 0.15) is 0 Å². The molecule has 0 unspecified atom stereocenters. The number of hydrogen-bond acceptors (Lipinski definition) is 4. The monoisotopic (exact) mass is 386 g/mol. The Morgan fingerprint density at radius 1 is 1.15 bits per heavy atom. The summed E-state index contributed by atoms with van der Waals surface area (Å²) < 4.78 is 6.33. The quantitative estimate of drug-likeness (QED) is 0.705. The Bertz CT molecular complexity index is 1110. The SMILES string of the molecule is O=c1oc(/C=C2\C=Nc3ccccc32)c(O)n1Cc1cc(Cl)cc(Cl)c1. The Balaban J connectivity index is 1.71. The second-order valence-electron chi connectivity index (χ2n) is 5.79. The van der Waals surface area contributed by atoms with Crippen LogP contribution >= 0.6 is 23.2 Å². The molecule has 0 saturated carbocycles. The van der Waals surface area contributed by atoms with Gasteiger partial charge >= 0.3 is 5.76 Å². The molecule has 5 nitrogen and oxygen atoms in total. The summed E-state index contributed by atoms with van der Waals surface area (Å²) in [7, 11) is 0. The summed E-state index contributed by atoms with van der Waals surface area (Å²) in [5.41, 5.74) is 3.16. The standard InChI is InChI=1S/C19H12Cl2N2O3/c20-13-5-11(6-14(21)8-13)10-23-18(24)17(26-19(23)25)7-12-9-22-16-4-2-1-3-15(12)16/h1-9,24H,10H2/b12-7+. The fraction of sp³-hybridized carbons (Fsp3) is 0.0526. The Morgan fingerprint density at radius 3 is 2.65 bits per heavy atom. The molecule has 4 rings (SSSR count). The van der Waals surface area contributed by atoms with Crippen molar-refractivity contribution in [1.82, 2.24) is 4.57 Å². The van der Waals surface area contributed by atoms with E-state index in [1.807, 2.05) is 24.3 Å². The molecule has 0 atom stereocenters. The van der Waals surface area contributed by atoms with Crippen molar-refractivity contribution in [3.05, 3.63) is 79.9 Å². The van der Waals surface area contributed by atoms with Crippen LogP contribution in [0.4, 0.5) is 5.69 Å². The molecule has 1 aliphatic heterocycles. The van der Waals surface area contributed by atoms with Crippen LogP contribution in [0, 0.1) is 0 Å². The number of fused-ring (bicyclic) bond motifs is 1. The smallest absolute Gasteiger partial charge is 0.422 e. The van der Waals surface area contributed by atoms with Crippen molar-refractivity contribution in [1.29, 1.82) is 0 Å². The third-order valence-electron chi connectivity index (χ3n) is 4.00. The minimum absolute atomic E-state index is 0.0706. The molecule has 1 aliphatic rings. The van der Waals surface area contributed by atoms with E-state index in [1.165, 1.54) is 0 Å². The molecule has 1 aromatic heterocycles. The molecule has 0 spiro atoms. The van der Waals surface area contributed by atoms with Crippen LogP contribution in [0.25, 0.3) is 11.6 Å². The van der Waals surface area contributed by atoms with Crippen LogP contribution in [0.3, 0.4) is 0 Å². The Hall–Kier alpha value is -2.76. The average Bonchev–Trinajstić information content (AvgIpc) is 3.11. The maximum Gasteiger partial charge on any atom is 0.422 e. The minimum Gasteiger partial charge on any atom is -0.492 e. The number of hydrogen-bond donors (Lipinski definition) is 1. The predicted octanol–water partition coefficient (Wildman–Crippen LogP) is 4.76. The highest BCUT2D eigenvalue weighted by molar-refractivity contribution is 6.34. The molecule has 0 aliphatic carbocycles. The number of aliphatic imine (C=N–C) groups is 1. The van der Waals surface area contributed by atoms with Gasteiger partial charge in [-0.1, -0.05) is 41.4 Å². The highest BCUT2D eigenvalue weighted by Gasteiger charge is 2.18. The molecular weight excluding hydrogens is 375 g/mol. The molecule has 26 heavy (non-hydrogen) atoms. The van der Waals surface area contributed by atoms with Crippen LogP contribution < -0.4 is 5.76 Å². The number of allylic oxidation sites excluding steroid dienone is 1. The molecule has 7 heteroatoms. The molecule has 1 N–H and O–H groups in total. The number of oxazole rings is 1. The zero-order valence-electron chi connectivity index (χ0n) is 13.3. The maximum atomic E-state index is 12.2. The number of halogens is 2. The number of nitrogens with zero attached hydrogens (tertiary/aromatic N) is 2. The van der Waals surface area contributed by atoms with Crippen molar-refractivity contribution in [2.24, 2.45) is 4.99 Å². The lowest BCUT2D eigenvalue weighted by molar-refractivity contribution is 0.420. The second-order valence-corrected chi connectivity index (χ2v) is 6.67. The molecule has 0 amide bonds. The molecule has 0 bridgehead atoms. The van der Waals surface area contributed by atoms with Gasteiger partial charge in [-0.15, -0.1) is 0 Å². The molecule has 0 fully saturated rings. The molecule has 2 heterocycles. The summed E-state index contributed by atoms with van der Waals surface area (Å²) in [5.74, 6) is -0.869. The van der Waals surface area contributed by atoms with Gasteiger partial charge < -0.3 is 9.52 Å². The summed E-state index contributed by atoms with van der Waals surface area (Å²) in [6.07, 6.45) is 3.26. The van der Waals surface area contributed by atoms with E-state index in [1.54, 1.807) is 30.5 Å². The summed E-state index contributed by atoms with van der Waals surface area (Å²) in [6, 6.07) is 12.5. The first-order chi connectivity index (χ1) is 12.5. The van der Waals surface area contributed by atoms with E-state index >= 15 is 0 Å². The van der Waals surface area contributed by atoms with Crippen molar-refractivity contribution in [2.75, 3.05) is 0 Å². The lowest BCUT2D eigenvalue weighted by Crippen LogP contribution is -2.14. The van der Waals surface area contributed by atoms with E-state index in [0.717, 1.165) is 21.4 Å². The van der Waals surface area contributed by atoms with E-state index in [2.05, 4.69) is 4.99 Å². The first kappa shape index (κ1) is 16.7. The highest BCUT2D eigenvalue weighted by Crippen LogP contribution is 2.33. The number of para-hydroxylation sites is 1. The van der Waals surface area contributed by atoms with Crippen molar-refractivity contribution in [2.45, 2.75) is 6.54 Å². The van der Waals surface area contributed by atoms with Crippen LogP contribution in [0.15, 0.2) is 56.7 Å². The molecule has 0 radical (unpaired) electrons. The molecule has 2 aromatic carbocycles. The van der Waals surface area contributed by atoms with Gasteiger partial charge in [0.2, 0.25) is 5.88 Å². The van der Waals surface area contributed by atoms with Gasteiger partial charge in [0.25, 0.3) is 0 Å². The Kier molecular flexibility index (Phi) is 4.18. The van der Waals surface area contributed by atoms with Crippen molar-refractivity contribution < 1.29 is 9.52 Å². The van der Waals surface area contributed by atoms with Crippen LogP contribution in [-0.2, 0) is 6.54 Å². The first-order valence-electron chi connectivity index (χ1n) is 7.74. The predicted molar refractivity (Wildman–Crippen MR) is 103 cm³/mol. The van der Waals surface area contributed by atoms with Gasteiger partial charge in [0.05, 0.1) is 12.2 Å². The fourth-order valence-corrected chi connectivity index (χ4v) is 3.40. The minimum atomic E-state index is -0.673. The number of benzene rings is 2. The molecule has 3 aromatic rings. The van der Waals surface area contributed by atoms with E-state index in [0.29, 0.717) is 15.6 Å². The normalized spacial score (nSPS) is 14.2. The van der Waals surface area contributed by atoms with Crippen LogP contribution in [0.2, 0.25) is 10.0 Å². The zero-order chi connectivity index (χ0) is 18.3. The number of aromatic nitrogens is 1. The Labute approximate surface area is 158 Å². The van der Waals surface area contributed by atoms with Gasteiger partial charge in [-0.25, -0.2) is 9.36 Å². The van der Waals surface area contributed by atoms with E-state index in [4.69, 9.17) is 27.6 Å². The van der Waals surface area contributed by atoms with Gasteiger partial charge in [0, 0.05) is 27.4 Å². The fourth-order valence-electron chi connectivity index (χ4n) is 2.83. The summed E-state index contributed by atoms with van der Waals surface area (Å²) in [4.78, 5) is 16.5. The van der Waals surface area contributed by atoms with Crippen molar-refractivity contribution in [3.63, 3.8) is 0 Å². The molecular formula is C19H12Cl2N2O3. The molecule has 130 valence electrons. The first-order valence-corrected chi connectivity index (χ1v) is 8.49. The molecule has 0 saturated heterocycles. The van der Waals surface area contributed by atoms with E-state index < -0.39 is 5.76 Å². The average molecular weight is 387 g/mol. The van der Waals surface area contributed by atoms with E-state index in [-0.39, 0.29) is 18.2 Å². The van der Waals surface area contributed by atoms with E-state index in [9.17, 15) is 9.90 Å². The lowest BCUT2D eigenvalue weighted by Gasteiger charge is -2.04. The van der Waals surface area contributed by atoms with Crippen molar-refractivity contribution >= 4 is 46.8 Å². The van der Waals surface area contributed by atoms with Gasteiger partial charge in [0.15, 0.2) is 5.76 Å². The largest absolute Gasteiger partial charge is 0.492 e. The second kappa shape index (κ2) is 6.52. The van der Waals surface area contributed by atoms with Crippen LogP contribution in [-0.4, -0.2) is 15.9 Å². The zero-order valence-corrected chi connectivity index (χ0v) is 14.8. The summed E-state index contributed by atoms with van der Waals surface area (Å²) in [5, 5.41) is 11.3. The number of rotatable bonds is 3. The highest BCUT2D eigenvalue weighted by atomic mass is 35.5. The van der Waals surface area contributed by atoms with Gasteiger partial charge in [-0.2, -0.15) is 0 Å². The third kappa shape index (κ3) is 3.07. The third-order valence-corrected chi connectivity index (χ3v) is 4.44. The van der Waals surface area contributed by atoms with Crippen LogP contribution in [0.5, 0.6) is 5.88 Å². The van der Waals surface area contributed by atoms with Crippen molar-refractivity contribution in [3.8, 4) is 5.88 Å². The van der Waals surface area contributed by atoms with Crippen LogP contribution in [0.1, 0.15) is 16.9 Å². The topological polar surface area (TPSA) is 67.7 Å². The van der Waals surface area contributed by atoms with Gasteiger partial charge in [-0.05, 0) is 35.9 Å². The maximum absolute atomic E-state index is 12.2. The van der Waals surface area contributed by atoms with Gasteiger partial charge in [-0.3, -0.25) is 4.99 Å².